The highest BCUT2D eigenvalue weighted by Gasteiger charge is 2.06. The van der Waals surface area contributed by atoms with Gasteiger partial charge >= 0.3 is 0 Å². The zero-order chi connectivity index (χ0) is 20.2. The molecule has 8 heteroatoms. The molecule has 2 aromatic rings. The van der Waals surface area contributed by atoms with Crippen molar-refractivity contribution in [2.75, 3.05) is 26.2 Å². The number of nitrogens with one attached hydrogen (secondary N) is 3. The maximum Gasteiger partial charge on any atom is 0.252 e. The van der Waals surface area contributed by atoms with Gasteiger partial charge in [0.05, 0.1) is 12.1 Å². The molecule has 1 amide bonds. The van der Waals surface area contributed by atoms with E-state index in [1.54, 1.807) is 24.5 Å². The summed E-state index contributed by atoms with van der Waals surface area (Å²) in [6.45, 7) is 8.35. The van der Waals surface area contributed by atoms with Gasteiger partial charge in [-0.05, 0) is 50.6 Å². The molecule has 1 atom stereocenters. The maximum absolute atomic E-state index is 12.0. The predicted octanol–water partition coefficient (Wildman–Crippen LogP) is 2.76. The van der Waals surface area contributed by atoms with E-state index in [0.717, 1.165) is 17.9 Å². The predicted molar refractivity (Wildman–Crippen MR) is 127 cm³/mol. The Kier molecular flexibility index (Phi) is 11.7. The fourth-order valence-electron chi connectivity index (χ4n) is 2.48. The molecular formula is C21H30IN5O2. The number of carbonyl (C=O) groups excluding carboxylic acids is 1. The van der Waals surface area contributed by atoms with Gasteiger partial charge in [-0.25, -0.2) is 4.99 Å². The van der Waals surface area contributed by atoms with Crippen LogP contribution in [0.3, 0.4) is 0 Å². The van der Waals surface area contributed by atoms with E-state index in [4.69, 9.17) is 4.74 Å². The monoisotopic (exact) mass is 511 g/mol. The highest BCUT2D eigenvalue weighted by atomic mass is 127. The third-order valence-corrected chi connectivity index (χ3v) is 3.80. The highest BCUT2D eigenvalue weighted by molar-refractivity contribution is 14.0. The molecule has 0 radical (unpaired) electrons. The van der Waals surface area contributed by atoms with Crippen LogP contribution in [0.4, 0.5) is 0 Å². The van der Waals surface area contributed by atoms with Gasteiger partial charge in [-0.15, -0.1) is 24.0 Å². The molecule has 29 heavy (non-hydrogen) atoms. The van der Waals surface area contributed by atoms with Crippen LogP contribution < -0.4 is 20.7 Å². The van der Waals surface area contributed by atoms with Crippen molar-refractivity contribution >= 4 is 35.8 Å². The Bertz CT molecular complexity index is 771. The third kappa shape index (κ3) is 9.60. The molecule has 0 saturated heterocycles. The van der Waals surface area contributed by atoms with Crippen molar-refractivity contribution < 1.29 is 9.53 Å². The van der Waals surface area contributed by atoms with E-state index in [1.165, 1.54) is 0 Å². The van der Waals surface area contributed by atoms with Crippen LogP contribution in [0.5, 0.6) is 5.75 Å². The van der Waals surface area contributed by atoms with Crippen molar-refractivity contribution in [3.63, 3.8) is 0 Å². The second kappa shape index (κ2) is 13.8. The molecule has 0 spiro atoms. The molecule has 1 heterocycles. The van der Waals surface area contributed by atoms with Crippen molar-refractivity contribution in [3.8, 4) is 5.75 Å². The van der Waals surface area contributed by atoms with Gasteiger partial charge in [-0.2, -0.15) is 0 Å². The molecule has 1 aromatic heterocycles. The fraction of sp³-hybridized carbons (Fsp3) is 0.381. The van der Waals surface area contributed by atoms with Crippen LogP contribution in [0.2, 0.25) is 0 Å². The number of carbonyl (C=O) groups is 1. The van der Waals surface area contributed by atoms with E-state index >= 15 is 0 Å². The zero-order valence-corrected chi connectivity index (χ0v) is 19.5. The van der Waals surface area contributed by atoms with Gasteiger partial charge in [0.1, 0.15) is 11.9 Å². The first-order valence-electron chi connectivity index (χ1n) is 9.52. The molecule has 158 valence electrons. The molecule has 1 unspecified atom stereocenters. The summed E-state index contributed by atoms with van der Waals surface area (Å²) in [5.41, 5.74) is 1.71. The van der Waals surface area contributed by atoms with Gasteiger partial charge in [0.15, 0.2) is 5.96 Å². The minimum atomic E-state index is -0.142. The number of amides is 1. The minimum Gasteiger partial charge on any atom is -0.489 e. The molecule has 7 nitrogen and oxygen atoms in total. The van der Waals surface area contributed by atoms with Crippen LogP contribution in [-0.2, 0) is 0 Å². The maximum atomic E-state index is 12.0. The number of benzene rings is 1. The summed E-state index contributed by atoms with van der Waals surface area (Å²) in [7, 11) is 0. The largest absolute Gasteiger partial charge is 0.489 e. The highest BCUT2D eigenvalue weighted by Crippen LogP contribution is 2.14. The number of hydrogen-bond acceptors (Lipinski definition) is 4. The summed E-state index contributed by atoms with van der Waals surface area (Å²) < 4.78 is 5.90. The molecule has 0 saturated carbocycles. The second-order valence-corrected chi connectivity index (χ2v) is 6.39. The van der Waals surface area contributed by atoms with Gasteiger partial charge in [-0.1, -0.05) is 12.1 Å². The van der Waals surface area contributed by atoms with E-state index in [1.807, 2.05) is 45.0 Å². The van der Waals surface area contributed by atoms with Crippen molar-refractivity contribution in [3.05, 3.63) is 59.9 Å². The van der Waals surface area contributed by atoms with E-state index < -0.39 is 0 Å². The molecule has 0 bridgehead atoms. The first-order chi connectivity index (χ1) is 13.6. The molecule has 0 aliphatic carbocycles. The fourth-order valence-corrected chi connectivity index (χ4v) is 2.48. The number of ether oxygens (including phenoxy) is 1. The average Bonchev–Trinajstić information content (AvgIpc) is 2.69. The number of halogens is 1. The van der Waals surface area contributed by atoms with Crippen LogP contribution in [0.15, 0.2) is 53.8 Å². The Balaban J connectivity index is 0.00000420. The minimum absolute atomic E-state index is 0. The smallest absolute Gasteiger partial charge is 0.252 e. The number of aliphatic imine (C=N–C) groups is 1. The van der Waals surface area contributed by atoms with Crippen LogP contribution in [0.25, 0.3) is 0 Å². The van der Waals surface area contributed by atoms with Crippen molar-refractivity contribution in [2.24, 2.45) is 4.99 Å². The number of aryl methyl sites for hydroxylation is 1. The number of pyridine rings is 1. The Labute approximate surface area is 189 Å². The Hall–Kier alpha value is -2.36. The van der Waals surface area contributed by atoms with Gasteiger partial charge in [-0.3, -0.25) is 9.78 Å². The summed E-state index contributed by atoms with van der Waals surface area (Å²) in [4.78, 5) is 20.5. The molecule has 0 aliphatic rings. The zero-order valence-electron chi connectivity index (χ0n) is 17.1. The number of rotatable bonds is 9. The average molecular weight is 511 g/mol. The molecule has 0 fully saturated rings. The van der Waals surface area contributed by atoms with E-state index in [-0.39, 0.29) is 36.0 Å². The summed E-state index contributed by atoms with van der Waals surface area (Å²) in [6.07, 6.45) is 3.13. The topological polar surface area (TPSA) is 87.6 Å². The second-order valence-electron chi connectivity index (χ2n) is 6.39. The number of guanidine groups is 1. The number of hydrogen-bond donors (Lipinski definition) is 3. The summed E-state index contributed by atoms with van der Waals surface area (Å²) in [6, 6.07) is 11.4. The molecule has 3 N–H and O–H groups in total. The van der Waals surface area contributed by atoms with Gasteiger partial charge in [0.25, 0.3) is 5.91 Å². The van der Waals surface area contributed by atoms with Crippen molar-refractivity contribution in [2.45, 2.75) is 26.9 Å². The van der Waals surface area contributed by atoms with Crippen molar-refractivity contribution in [1.82, 2.24) is 20.9 Å². The third-order valence-electron chi connectivity index (χ3n) is 3.80. The SMILES string of the molecule is CCNC(=NCC(C)Oc1cccc(C)c1)NCCNC(=O)c1cccnc1.I. The van der Waals surface area contributed by atoms with Gasteiger partial charge < -0.3 is 20.7 Å². The molecule has 2 rings (SSSR count). The number of aromatic nitrogens is 1. The van der Waals surface area contributed by atoms with E-state index in [0.29, 0.717) is 31.2 Å². The first kappa shape index (κ1) is 24.7. The lowest BCUT2D eigenvalue weighted by atomic mass is 10.2. The standard InChI is InChI=1S/C21H29N5O2.HI/c1-4-23-21(25-12-11-24-20(27)18-8-6-10-22-15-18)26-14-17(3)28-19-9-5-7-16(2)13-19;/h5-10,13,15,17H,4,11-12,14H2,1-3H3,(H,24,27)(H2,23,25,26);1H. The van der Waals surface area contributed by atoms with E-state index in [9.17, 15) is 4.79 Å². The summed E-state index contributed by atoms with van der Waals surface area (Å²) in [5, 5.41) is 9.25. The molecule has 1 aromatic carbocycles. The lowest BCUT2D eigenvalue weighted by Crippen LogP contribution is -2.42. The molecule has 0 aliphatic heterocycles. The molecular weight excluding hydrogens is 481 g/mol. The quantitative estimate of drug-likeness (QED) is 0.209. The van der Waals surface area contributed by atoms with Crippen LogP contribution in [0.1, 0.15) is 29.8 Å². The van der Waals surface area contributed by atoms with E-state index in [2.05, 4.69) is 25.9 Å². The normalized spacial score (nSPS) is 11.8. The Morgan fingerprint density at radius 1 is 1.17 bits per heavy atom. The lowest BCUT2D eigenvalue weighted by Gasteiger charge is -2.15. The van der Waals surface area contributed by atoms with Crippen LogP contribution in [-0.4, -0.2) is 49.1 Å². The summed E-state index contributed by atoms with van der Waals surface area (Å²) >= 11 is 0. The lowest BCUT2D eigenvalue weighted by molar-refractivity contribution is 0.0954. The number of nitrogens with zero attached hydrogens (tertiary/aromatic N) is 2. The Morgan fingerprint density at radius 3 is 2.66 bits per heavy atom. The first-order valence-corrected chi connectivity index (χ1v) is 9.52. The van der Waals surface area contributed by atoms with Crippen molar-refractivity contribution in [1.29, 1.82) is 0 Å². The van der Waals surface area contributed by atoms with Gasteiger partial charge in [0, 0.05) is 32.0 Å². The van der Waals surface area contributed by atoms with Crippen LogP contribution in [0, 0.1) is 6.92 Å². The van der Waals surface area contributed by atoms with Crippen LogP contribution >= 0.6 is 24.0 Å². The summed E-state index contributed by atoms with van der Waals surface area (Å²) in [5.74, 6) is 1.40. The Morgan fingerprint density at radius 2 is 1.97 bits per heavy atom. The van der Waals surface area contributed by atoms with Gasteiger partial charge in [0.2, 0.25) is 0 Å².